The summed E-state index contributed by atoms with van der Waals surface area (Å²) < 4.78 is 0. The molecule has 1 N–H and O–H groups in total. The number of halogens is 1. The predicted molar refractivity (Wildman–Crippen MR) is 65.0 cm³/mol. The van der Waals surface area contributed by atoms with E-state index in [4.69, 9.17) is 16.7 Å². The zero-order chi connectivity index (χ0) is 12.3. The van der Waals surface area contributed by atoms with Crippen LogP contribution in [0.1, 0.15) is 29.8 Å². The Hall–Kier alpha value is -1.06. The van der Waals surface area contributed by atoms with Crippen LogP contribution >= 0.6 is 11.6 Å². The van der Waals surface area contributed by atoms with Gasteiger partial charge >= 0.3 is 5.97 Å². The second kappa shape index (κ2) is 5.32. The fourth-order valence-electron chi connectivity index (χ4n) is 1.26. The fraction of sp³-hybridized carbons (Fsp3) is 0.417. The van der Waals surface area contributed by atoms with Gasteiger partial charge in [0, 0.05) is 17.6 Å². The summed E-state index contributed by atoms with van der Waals surface area (Å²) in [4.78, 5) is 12.9. The molecule has 0 fully saturated rings. The molecular formula is C12H16ClNO2. The molecule has 0 aliphatic carbocycles. The van der Waals surface area contributed by atoms with Crippen LogP contribution in [0.5, 0.6) is 0 Å². The first-order chi connectivity index (χ1) is 7.41. The molecule has 0 unspecified atom stereocenters. The van der Waals surface area contributed by atoms with Gasteiger partial charge in [0.2, 0.25) is 0 Å². The lowest BCUT2D eigenvalue weighted by Gasteiger charge is -2.21. The Morgan fingerprint density at radius 3 is 2.56 bits per heavy atom. The summed E-state index contributed by atoms with van der Waals surface area (Å²) in [5.74, 6) is -0.953. The van der Waals surface area contributed by atoms with Gasteiger partial charge in [0.25, 0.3) is 0 Å². The summed E-state index contributed by atoms with van der Waals surface area (Å²) in [6.45, 7) is 4.91. The van der Waals surface area contributed by atoms with E-state index in [0.717, 1.165) is 12.1 Å². The van der Waals surface area contributed by atoms with Crippen molar-refractivity contribution in [2.24, 2.45) is 0 Å². The number of rotatable bonds is 4. The molecule has 0 amide bonds. The van der Waals surface area contributed by atoms with E-state index in [2.05, 4.69) is 18.7 Å². The molecule has 0 atom stereocenters. The van der Waals surface area contributed by atoms with Gasteiger partial charge in [-0.2, -0.15) is 0 Å². The van der Waals surface area contributed by atoms with Crippen molar-refractivity contribution in [3.05, 3.63) is 34.3 Å². The number of nitrogens with zero attached hydrogens (tertiary/aromatic N) is 1. The quantitative estimate of drug-likeness (QED) is 0.881. The summed E-state index contributed by atoms with van der Waals surface area (Å²) >= 11 is 6.03. The van der Waals surface area contributed by atoms with Gasteiger partial charge in [0.05, 0.1) is 5.56 Å². The Balaban J connectivity index is 2.87. The molecule has 4 heteroatoms. The van der Waals surface area contributed by atoms with Crippen LogP contribution in [0, 0.1) is 0 Å². The van der Waals surface area contributed by atoms with E-state index in [-0.39, 0.29) is 5.56 Å². The zero-order valence-corrected chi connectivity index (χ0v) is 10.5. The average molecular weight is 242 g/mol. The molecule has 0 spiro atoms. The minimum Gasteiger partial charge on any atom is -0.478 e. The number of carboxylic acids is 1. The highest BCUT2D eigenvalue weighted by molar-refractivity contribution is 6.31. The second-order valence-electron chi connectivity index (χ2n) is 4.12. The summed E-state index contributed by atoms with van der Waals surface area (Å²) in [7, 11) is 2.01. The SMILES string of the molecule is CC(C)N(C)Cc1ccc(C(=O)O)cc1Cl. The van der Waals surface area contributed by atoms with Gasteiger partial charge in [0.15, 0.2) is 0 Å². The zero-order valence-electron chi connectivity index (χ0n) is 9.70. The lowest BCUT2D eigenvalue weighted by molar-refractivity contribution is 0.0697. The molecule has 0 aromatic heterocycles. The second-order valence-corrected chi connectivity index (χ2v) is 4.53. The van der Waals surface area contributed by atoms with E-state index in [1.807, 2.05) is 7.05 Å². The summed E-state index contributed by atoms with van der Waals surface area (Å²) in [5.41, 5.74) is 1.17. The molecule has 0 heterocycles. The first-order valence-electron chi connectivity index (χ1n) is 5.13. The Morgan fingerprint density at radius 1 is 1.50 bits per heavy atom. The van der Waals surface area contributed by atoms with Gasteiger partial charge in [-0.25, -0.2) is 4.79 Å². The Labute approximate surface area is 101 Å². The first kappa shape index (κ1) is 13.0. The lowest BCUT2D eigenvalue weighted by Crippen LogP contribution is -2.25. The highest BCUT2D eigenvalue weighted by Gasteiger charge is 2.10. The number of carboxylic acid groups (broad SMARTS) is 1. The molecule has 1 aromatic rings. The molecule has 3 nitrogen and oxygen atoms in total. The third kappa shape index (κ3) is 3.22. The summed E-state index contributed by atoms with van der Waals surface area (Å²) in [6, 6.07) is 5.27. The van der Waals surface area contributed by atoms with E-state index in [0.29, 0.717) is 11.1 Å². The van der Waals surface area contributed by atoms with E-state index < -0.39 is 5.97 Å². The van der Waals surface area contributed by atoms with Crippen LogP contribution in [-0.4, -0.2) is 29.1 Å². The van der Waals surface area contributed by atoms with E-state index in [9.17, 15) is 4.79 Å². The van der Waals surface area contributed by atoms with Crippen molar-refractivity contribution in [3.63, 3.8) is 0 Å². The molecule has 0 bridgehead atoms. The van der Waals surface area contributed by atoms with Crippen molar-refractivity contribution >= 4 is 17.6 Å². The maximum atomic E-state index is 10.7. The molecule has 0 aliphatic rings. The van der Waals surface area contributed by atoms with Crippen molar-refractivity contribution in [1.82, 2.24) is 4.90 Å². The van der Waals surface area contributed by atoms with Crippen molar-refractivity contribution in [2.45, 2.75) is 26.4 Å². The van der Waals surface area contributed by atoms with Crippen LogP contribution in [0.25, 0.3) is 0 Å². The number of benzene rings is 1. The third-order valence-corrected chi connectivity index (χ3v) is 2.95. The molecule has 0 radical (unpaired) electrons. The van der Waals surface area contributed by atoms with Crippen LogP contribution in [0.3, 0.4) is 0 Å². The van der Waals surface area contributed by atoms with Gasteiger partial charge in [-0.15, -0.1) is 0 Å². The van der Waals surface area contributed by atoms with Crippen molar-refractivity contribution in [2.75, 3.05) is 7.05 Å². The van der Waals surface area contributed by atoms with Gasteiger partial charge in [-0.3, -0.25) is 4.90 Å². The van der Waals surface area contributed by atoms with Gasteiger partial charge in [-0.05, 0) is 38.6 Å². The topological polar surface area (TPSA) is 40.5 Å². The first-order valence-corrected chi connectivity index (χ1v) is 5.51. The smallest absolute Gasteiger partial charge is 0.335 e. The largest absolute Gasteiger partial charge is 0.478 e. The minimum atomic E-state index is -0.953. The standard InChI is InChI=1S/C12H16ClNO2/c1-8(2)14(3)7-10-5-4-9(12(15)16)6-11(10)13/h4-6,8H,7H2,1-3H3,(H,15,16). The maximum absolute atomic E-state index is 10.7. The number of carbonyl (C=O) groups is 1. The monoisotopic (exact) mass is 241 g/mol. The van der Waals surface area contributed by atoms with Gasteiger partial charge < -0.3 is 5.11 Å². The highest BCUT2D eigenvalue weighted by atomic mass is 35.5. The Morgan fingerprint density at radius 2 is 2.12 bits per heavy atom. The van der Waals surface area contributed by atoms with Crippen molar-refractivity contribution in [1.29, 1.82) is 0 Å². The van der Waals surface area contributed by atoms with Crippen LogP contribution in [0.15, 0.2) is 18.2 Å². The molecule has 16 heavy (non-hydrogen) atoms. The van der Waals surface area contributed by atoms with Crippen LogP contribution in [0.4, 0.5) is 0 Å². The lowest BCUT2D eigenvalue weighted by atomic mass is 10.1. The van der Waals surface area contributed by atoms with Crippen LogP contribution in [-0.2, 0) is 6.54 Å². The molecule has 0 saturated carbocycles. The fourth-order valence-corrected chi connectivity index (χ4v) is 1.50. The molecule has 0 saturated heterocycles. The van der Waals surface area contributed by atoms with Crippen LogP contribution < -0.4 is 0 Å². The molecular weight excluding hydrogens is 226 g/mol. The minimum absolute atomic E-state index is 0.223. The number of aromatic carboxylic acids is 1. The summed E-state index contributed by atoms with van der Waals surface area (Å²) in [5, 5.41) is 9.31. The highest BCUT2D eigenvalue weighted by Crippen LogP contribution is 2.20. The van der Waals surface area contributed by atoms with Gasteiger partial charge in [-0.1, -0.05) is 17.7 Å². The number of hydrogen-bond donors (Lipinski definition) is 1. The maximum Gasteiger partial charge on any atom is 0.335 e. The van der Waals surface area contributed by atoms with Crippen molar-refractivity contribution in [3.8, 4) is 0 Å². The van der Waals surface area contributed by atoms with Crippen LogP contribution in [0.2, 0.25) is 5.02 Å². The van der Waals surface area contributed by atoms with Gasteiger partial charge in [0.1, 0.15) is 0 Å². The average Bonchev–Trinajstić information content (AvgIpc) is 2.20. The molecule has 1 rings (SSSR count). The molecule has 1 aromatic carbocycles. The van der Waals surface area contributed by atoms with Crippen molar-refractivity contribution < 1.29 is 9.90 Å². The third-order valence-electron chi connectivity index (χ3n) is 2.60. The Kier molecular flexibility index (Phi) is 4.33. The molecule has 88 valence electrons. The van der Waals surface area contributed by atoms with E-state index >= 15 is 0 Å². The molecule has 0 aliphatic heterocycles. The summed E-state index contributed by atoms with van der Waals surface area (Å²) in [6.07, 6.45) is 0. The normalized spacial score (nSPS) is 11.1. The number of hydrogen-bond acceptors (Lipinski definition) is 2. The van der Waals surface area contributed by atoms with E-state index in [1.165, 1.54) is 6.07 Å². The van der Waals surface area contributed by atoms with E-state index in [1.54, 1.807) is 12.1 Å². The Bertz CT molecular complexity index is 391. The predicted octanol–water partition coefficient (Wildman–Crippen LogP) is 2.88.